The van der Waals surface area contributed by atoms with Crippen molar-refractivity contribution in [2.24, 2.45) is 0 Å². The van der Waals surface area contributed by atoms with E-state index in [9.17, 15) is 18.0 Å². The maximum Gasteiger partial charge on any atom is 0.390 e. The fraction of sp³-hybridized carbons (Fsp3) is 0.500. The first kappa shape index (κ1) is 21.3. The van der Waals surface area contributed by atoms with Gasteiger partial charge in [-0.25, -0.2) is 15.0 Å². The van der Waals surface area contributed by atoms with E-state index in [2.05, 4.69) is 25.3 Å². The van der Waals surface area contributed by atoms with Gasteiger partial charge >= 0.3 is 6.18 Å². The summed E-state index contributed by atoms with van der Waals surface area (Å²) in [5.41, 5.74) is 1.43. The lowest BCUT2D eigenvalue weighted by atomic mass is 9.90. The number of carbonyl (C=O) groups excluding carboxylic acids is 1. The second-order valence-corrected chi connectivity index (χ2v) is 7.90. The van der Waals surface area contributed by atoms with E-state index in [1.807, 2.05) is 0 Å². The SMILES string of the molecule is CN(CCC(F)(F)F)C1CCC(NC(=O)c2nc(-n3ccnc3)nc3cc[nH]c23)CC1. The minimum Gasteiger partial charge on any atom is -0.358 e. The molecule has 0 bridgehead atoms. The lowest BCUT2D eigenvalue weighted by molar-refractivity contribution is -0.138. The van der Waals surface area contributed by atoms with Gasteiger partial charge in [0.25, 0.3) is 5.91 Å². The maximum absolute atomic E-state index is 13.0. The number of carbonyl (C=O) groups is 1. The Labute approximate surface area is 176 Å². The normalized spacial score (nSPS) is 19.8. The highest BCUT2D eigenvalue weighted by atomic mass is 19.4. The van der Waals surface area contributed by atoms with Crippen molar-refractivity contribution in [1.29, 1.82) is 0 Å². The minimum atomic E-state index is -4.14. The third kappa shape index (κ3) is 5.04. The molecule has 1 aliphatic rings. The van der Waals surface area contributed by atoms with E-state index in [1.54, 1.807) is 47.5 Å². The average molecular weight is 435 g/mol. The number of amides is 1. The number of imidazole rings is 1. The summed E-state index contributed by atoms with van der Waals surface area (Å²) in [6.45, 7) is -0.00599. The molecule has 0 aromatic carbocycles. The number of aromatic nitrogens is 5. The Balaban J connectivity index is 1.40. The number of fused-ring (bicyclic) bond motifs is 1. The van der Waals surface area contributed by atoms with Gasteiger partial charge in [0, 0.05) is 37.2 Å². The van der Waals surface area contributed by atoms with Crippen LogP contribution in [0.15, 0.2) is 31.0 Å². The summed E-state index contributed by atoms with van der Waals surface area (Å²) in [6.07, 6.45) is 4.51. The highest BCUT2D eigenvalue weighted by Crippen LogP contribution is 2.26. The first-order valence-corrected chi connectivity index (χ1v) is 10.2. The molecule has 8 nitrogen and oxygen atoms in total. The zero-order chi connectivity index (χ0) is 22.0. The van der Waals surface area contributed by atoms with Gasteiger partial charge in [-0.1, -0.05) is 0 Å². The third-order valence-electron chi connectivity index (χ3n) is 5.75. The van der Waals surface area contributed by atoms with Crippen LogP contribution in [-0.4, -0.2) is 67.2 Å². The number of halogens is 3. The molecule has 0 unspecified atom stereocenters. The van der Waals surface area contributed by atoms with Crippen molar-refractivity contribution in [2.75, 3.05) is 13.6 Å². The zero-order valence-corrected chi connectivity index (χ0v) is 17.1. The summed E-state index contributed by atoms with van der Waals surface area (Å²) in [6, 6.07) is 1.82. The van der Waals surface area contributed by atoms with Crippen LogP contribution in [0.1, 0.15) is 42.6 Å². The van der Waals surface area contributed by atoms with Crippen molar-refractivity contribution < 1.29 is 18.0 Å². The van der Waals surface area contributed by atoms with E-state index in [1.165, 1.54) is 0 Å². The summed E-state index contributed by atoms with van der Waals surface area (Å²) in [7, 11) is 1.73. The average Bonchev–Trinajstić information content (AvgIpc) is 3.43. The predicted molar refractivity (Wildman–Crippen MR) is 108 cm³/mol. The smallest absolute Gasteiger partial charge is 0.358 e. The van der Waals surface area contributed by atoms with E-state index in [0.717, 1.165) is 12.8 Å². The van der Waals surface area contributed by atoms with Gasteiger partial charge in [-0.05, 0) is 38.8 Å². The van der Waals surface area contributed by atoms with Crippen molar-refractivity contribution in [3.05, 3.63) is 36.7 Å². The van der Waals surface area contributed by atoms with Gasteiger partial charge in [-0.15, -0.1) is 0 Å². The Hall–Kier alpha value is -2.95. The van der Waals surface area contributed by atoms with Gasteiger partial charge < -0.3 is 15.2 Å². The second-order valence-electron chi connectivity index (χ2n) is 7.90. The molecule has 4 rings (SSSR count). The van der Waals surface area contributed by atoms with Gasteiger partial charge in [0.05, 0.1) is 17.5 Å². The number of nitrogens with zero attached hydrogens (tertiary/aromatic N) is 5. The van der Waals surface area contributed by atoms with Crippen molar-refractivity contribution in [3.8, 4) is 5.95 Å². The standard InChI is InChI=1S/C20H24F3N7O/c1-29(10-7-20(21,22)23)14-4-2-13(3-5-14)26-18(31)17-16-15(6-8-25-16)27-19(28-17)30-11-9-24-12-30/h6,8-9,11-14,25H,2-5,7,10H2,1H3,(H,26,31). The van der Waals surface area contributed by atoms with Gasteiger partial charge in [0.1, 0.15) is 6.33 Å². The summed E-state index contributed by atoms with van der Waals surface area (Å²) in [5.74, 6) is 0.0508. The van der Waals surface area contributed by atoms with Crippen LogP contribution in [0.2, 0.25) is 0 Å². The first-order valence-electron chi connectivity index (χ1n) is 10.2. The lowest BCUT2D eigenvalue weighted by Crippen LogP contribution is -2.43. The molecule has 166 valence electrons. The fourth-order valence-corrected chi connectivity index (χ4v) is 3.99. The molecular weight excluding hydrogens is 411 g/mol. The molecule has 31 heavy (non-hydrogen) atoms. The Morgan fingerprint density at radius 2 is 2.06 bits per heavy atom. The summed E-state index contributed by atoms with van der Waals surface area (Å²) in [5, 5.41) is 3.03. The van der Waals surface area contributed by atoms with Crippen molar-refractivity contribution in [3.63, 3.8) is 0 Å². The number of H-pyrrole nitrogens is 1. The lowest BCUT2D eigenvalue weighted by Gasteiger charge is -2.35. The molecule has 1 saturated carbocycles. The molecule has 1 aliphatic carbocycles. The summed E-state index contributed by atoms with van der Waals surface area (Å²) in [4.78, 5) is 30.6. The van der Waals surface area contributed by atoms with Crippen LogP contribution in [0.5, 0.6) is 0 Å². The van der Waals surface area contributed by atoms with E-state index in [0.29, 0.717) is 29.8 Å². The van der Waals surface area contributed by atoms with Crippen LogP contribution in [0.3, 0.4) is 0 Å². The summed E-state index contributed by atoms with van der Waals surface area (Å²) < 4.78 is 39.0. The molecule has 3 aromatic rings. The molecule has 0 radical (unpaired) electrons. The van der Waals surface area contributed by atoms with Crippen LogP contribution >= 0.6 is 0 Å². The van der Waals surface area contributed by atoms with Crippen LogP contribution < -0.4 is 5.32 Å². The van der Waals surface area contributed by atoms with E-state index < -0.39 is 12.6 Å². The molecule has 0 aliphatic heterocycles. The Morgan fingerprint density at radius 1 is 1.29 bits per heavy atom. The topological polar surface area (TPSA) is 91.7 Å². The first-order chi connectivity index (χ1) is 14.8. The molecule has 0 spiro atoms. The quantitative estimate of drug-likeness (QED) is 0.621. The largest absolute Gasteiger partial charge is 0.390 e. The molecule has 3 aromatic heterocycles. The Bertz CT molecular complexity index is 1020. The van der Waals surface area contributed by atoms with Crippen molar-refractivity contribution >= 4 is 16.9 Å². The molecule has 1 fully saturated rings. The Kier molecular flexibility index (Phi) is 5.94. The highest BCUT2D eigenvalue weighted by Gasteiger charge is 2.30. The minimum absolute atomic E-state index is 0.00599. The van der Waals surface area contributed by atoms with Gasteiger partial charge in [-0.3, -0.25) is 9.36 Å². The molecule has 11 heteroatoms. The predicted octanol–water partition coefficient (Wildman–Crippen LogP) is 3.07. The van der Waals surface area contributed by atoms with E-state index in [-0.39, 0.29) is 30.2 Å². The molecule has 3 heterocycles. The zero-order valence-electron chi connectivity index (χ0n) is 17.1. The maximum atomic E-state index is 13.0. The fourth-order valence-electron chi connectivity index (χ4n) is 3.99. The number of hydrogen-bond acceptors (Lipinski definition) is 5. The number of aromatic amines is 1. The van der Waals surface area contributed by atoms with Crippen LogP contribution in [0.25, 0.3) is 17.0 Å². The molecule has 0 atom stereocenters. The van der Waals surface area contributed by atoms with Crippen LogP contribution in [-0.2, 0) is 0 Å². The molecule has 0 saturated heterocycles. The molecule has 2 N–H and O–H groups in total. The van der Waals surface area contributed by atoms with E-state index >= 15 is 0 Å². The van der Waals surface area contributed by atoms with E-state index in [4.69, 9.17) is 0 Å². The third-order valence-corrected chi connectivity index (χ3v) is 5.75. The summed E-state index contributed by atoms with van der Waals surface area (Å²) >= 11 is 0. The van der Waals surface area contributed by atoms with Crippen LogP contribution in [0, 0.1) is 0 Å². The van der Waals surface area contributed by atoms with Gasteiger partial charge in [0.15, 0.2) is 5.69 Å². The molecular formula is C20H24F3N7O. The van der Waals surface area contributed by atoms with Gasteiger partial charge in [-0.2, -0.15) is 13.2 Å². The monoisotopic (exact) mass is 435 g/mol. The highest BCUT2D eigenvalue weighted by molar-refractivity contribution is 6.03. The number of nitrogens with one attached hydrogen (secondary N) is 2. The van der Waals surface area contributed by atoms with Crippen molar-refractivity contribution in [1.82, 2.24) is 34.7 Å². The number of alkyl halides is 3. The number of rotatable bonds is 6. The van der Waals surface area contributed by atoms with Crippen LogP contribution in [0.4, 0.5) is 13.2 Å². The Morgan fingerprint density at radius 3 is 2.74 bits per heavy atom. The molecule has 1 amide bonds. The second kappa shape index (κ2) is 8.66. The van der Waals surface area contributed by atoms with Crippen molar-refractivity contribution in [2.45, 2.75) is 50.4 Å². The number of hydrogen-bond donors (Lipinski definition) is 2. The van der Waals surface area contributed by atoms with Gasteiger partial charge in [0.2, 0.25) is 5.95 Å².